The number of para-hydroxylation sites is 1. The average Bonchev–Trinajstić information content (AvgIpc) is 2.67. The summed E-state index contributed by atoms with van der Waals surface area (Å²) in [5, 5.41) is 2.75. The molecule has 0 aliphatic carbocycles. The first kappa shape index (κ1) is 17.5. The summed E-state index contributed by atoms with van der Waals surface area (Å²) in [5.41, 5.74) is 1.80. The van der Waals surface area contributed by atoms with Crippen LogP contribution in [0.5, 0.6) is 5.75 Å². The Morgan fingerprint density at radius 1 is 1.12 bits per heavy atom. The fourth-order valence-corrected chi connectivity index (χ4v) is 2.43. The minimum atomic E-state index is -0.433. The monoisotopic (exact) mass is 351 g/mol. The van der Waals surface area contributed by atoms with E-state index in [-0.39, 0.29) is 24.8 Å². The molecule has 1 heterocycles. The van der Waals surface area contributed by atoms with Crippen LogP contribution in [0.15, 0.2) is 60.8 Å². The molecule has 0 bridgehead atoms. The Morgan fingerprint density at radius 3 is 2.62 bits per heavy atom. The number of benzene rings is 2. The van der Waals surface area contributed by atoms with Crippen molar-refractivity contribution in [3.8, 4) is 17.0 Å². The molecule has 5 nitrogen and oxygen atoms in total. The van der Waals surface area contributed by atoms with Crippen molar-refractivity contribution in [2.45, 2.75) is 6.92 Å². The molecule has 0 radical (unpaired) electrons. The molecule has 0 saturated carbocycles. The zero-order valence-electron chi connectivity index (χ0n) is 14.3. The molecule has 0 aliphatic heterocycles. The second-order valence-corrected chi connectivity index (χ2v) is 5.58. The summed E-state index contributed by atoms with van der Waals surface area (Å²) in [6, 6.07) is 15.6. The Labute approximate surface area is 150 Å². The van der Waals surface area contributed by atoms with Crippen molar-refractivity contribution in [1.29, 1.82) is 0 Å². The van der Waals surface area contributed by atoms with Crippen molar-refractivity contribution >= 4 is 5.91 Å². The van der Waals surface area contributed by atoms with E-state index in [1.54, 1.807) is 25.1 Å². The molecule has 2 aromatic carbocycles. The molecule has 26 heavy (non-hydrogen) atoms. The second kappa shape index (κ2) is 8.20. The van der Waals surface area contributed by atoms with Gasteiger partial charge in [-0.05, 0) is 19.1 Å². The zero-order valence-corrected chi connectivity index (χ0v) is 14.3. The van der Waals surface area contributed by atoms with Crippen LogP contribution < -0.4 is 10.1 Å². The third kappa shape index (κ3) is 4.22. The van der Waals surface area contributed by atoms with Gasteiger partial charge in [-0.15, -0.1) is 0 Å². The van der Waals surface area contributed by atoms with Gasteiger partial charge >= 0.3 is 0 Å². The van der Waals surface area contributed by atoms with Gasteiger partial charge < -0.3 is 10.1 Å². The van der Waals surface area contributed by atoms with E-state index >= 15 is 0 Å². The summed E-state index contributed by atoms with van der Waals surface area (Å²) in [7, 11) is 0. The van der Waals surface area contributed by atoms with Gasteiger partial charge in [0.25, 0.3) is 5.91 Å². The first-order valence-corrected chi connectivity index (χ1v) is 8.20. The third-order valence-electron chi connectivity index (χ3n) is 3.68. The van der Waals surface area contributed by atoms with Gasteiger partial charge in [0.15, 0.2) is 11.6 Å². The Morgan fingerprint density at radius 2 is 1.85 bits per heavy atom. The molecular formula is C20H18FN3O2. The highest BCUT2D eigenvalue weighted by atomic mass is 19.1. The van der Waals surface area contributed by atoms with Gasteiger partial charge in [0.2, 0.25) is 0 Å². The minimum absolute atomic E-state index is 0.153. The summed E-state index contributed by atoms with van der Waals surface area (Å²) < 4.78 is 18.8. The number of rotatable bonds is 6. The van der Waals surface area contributed by atoms with E-state index in [0.717, 1.165) is 5.56 Å². The van der Waals surface area contributed by atoms with Crippen LogP contribution in [0.1, 0.15) is 16.2 Å². The van der Waals surface area contributed by atoms with E-state index in [1.165, 1.54) is 12.3 Å². The van der Waals surface area contributed by atoms with E-state index < -0.39 is 5.82 Å². The van der Waals surface area contributed by atoms with E-state index in [1.807, 2.05) is 30.3 Å². The predicted molar refractivity (Wildman–Crippen MR) is 96.4 cm³/mol. The maximum Gasteiger partial charge on any atom is 0.255 e. The van der Waals surface area contributed by atoms with Gasteiger partial charge in [0.05, 0.1) is 17.8 Å². The van der Waals surface area contributed by atoms with Crippen LogP contribution in [0.3, 0.4) is 0 Å². The highest BCUT2D eigenvalue weighted by Crippen LogP contribution is 2.21. The van der Waals surface area contributed by atoms with Crippen molar-refractivity contribution in [3.05, 3.63) is 78.0 Å². The number of aromatic nitrogens is 2. The molecule has 0 atom stereocenters. The standard InChI is InChI=1S/C20H18FN3O2/c1-14-23-13-16(19(24-14)15-7-3-2-4-8-15)20(25)22-11-12-26-18-10-6-5-9-17(18)21/h2-10,13H,11-12H2,1H3,(H,22,25). The van der Waals surface area contributed by atoms with Crippen LogP contribution >= 0.6 is 0 Å². The number of amides is 1. The van der Waals surface area contributed by atoms with Crippen molar-refractivity contribution in [3.63, 3.8) is 0 Å². The summed E-state index contributed by atoms with van der Waals surface area (Å²) >= 11 is 0. The average molecular weight is 351 g/mol. The lowest BCUT2D eigenvalue weighted by molar-refractivity contribution is 0.0946. The number of hydrogen-bond acceptors (Lipinski definition) is 4. The molecule has 3 rings (SSSR count). The number of hydrogen-bond donors (Lipinski definition) is 1. The van der Waals surface area contributed by atoms with E-state index in [9.17, 15) is 9.18 Å². The summed E-state index contributed by atoms with van der Waals surface area (Å²) in [6.07, 6.45) is 1.51. The second-order valence-electron chi connectivity index (χ2n) is 5.58. The highest BCUT2D eigenvalue weighted by molar-refractivity contribution is 5.99. The summed E-state index contributed by atoms with van der Waals surface area (Å²) in [4.78, 5) is 21.0. The normalized spacial score (nSPS) is 10.4. The molecule has 1 amide bonds. The Kier molecular flexibility index (Phi) is 5.53. The molecule has 0 saturated heterocycles. The molecule has 0 aliphatic rings. The number of nitrogens with one attached hydrogen (secondary N) is 1. The molecule has 1 aromatic heterocycles. The van der Waals surface area contributed by atoms with E-state index in [0.29, 0.717) is 17.1 Å². The van der Waals surface area contributed by atoms with Gasteiger partial charge in [0.1, 0.15) is 12.4 Å². The van der Waals surface area contributed by atoms with Gasteiger partial charge in [-0.2, -0.15) is 0 Å². The Balaban J connectivity index is 1.66. The van der Waals surface area contributed by atoms with Crippen LogP contribution in [0.25, 0.3) is 11.3 Å². The van der Waals surface area contributed by atoms with E-state index in [4.69, 9.17) is 4.74 Å². The number of ether oxygens (including phenoxy) is 1. The van der Waals surface area contributed by atoms with Crippen molar-refractivity contribution in [1.82, 2.24) is 15.3 Å². The number of aryl methyl sites for hydroxylation is 1. The predicted octanol–water partition coefficient (Wildman–Crippen LogP) is 3.40. The smallest absolute Gasteiger partial charge is 0.255 e. The molecular weight excluding hydrogens is 333 g/mol. The topological polar surface area (TPSA) is 64.1 Å². The van der Waals surface area contributed by atoms with Crippen LogP contribution in [-0.4, -0.2) is 29.0 Å². The molecule has 0 unspecified atom stereocenters. The minimum Gasteiger partial charge on any atom is -0.489 e. The van der Waals surface area contributed by atoms with Gasteiger partial charge in [0, 0.05) is 11.8 Å². The molecule has 1 N–H and O–H groups in total. The van der Waals surface area contributed by atoms with Gasteiger partial charge in [-0.1, -0.05) is 42.5 Å². The lowest BCUT2D eigenvalue weighted by Crippen LogP contribution is -2.29. The third-order valence-corrected chi connectivity index (χ3v) is 3.68. The Hall–Kier alpha value is -3.28. The van der Waals surface area contributed by atoms with Crippen molar-refractivity contribution < 1.29 is 13.9 Å². The van der Waals surface area contributed by atoms with Gasteiger partial charge in [-0.3, -0.25) is 4.79 Å². The number of halogens is 1. The van der Waals surface area contributed by atoms with Crippen LogP contribution in [0.4, 0.5) is 4.39 Å². The highest BCUT2D eigenvalue weighted by Gasteiger charge is 2.15. The number of carbonyl (C=O) groups excluding carboxylic acids is 1. The van der Waals surface area contributed by atoms with Crippen molar-refractivity contribution in [2.24, 2.45) is 0 Å². The molecule has 3 aromatic rings. The molecule has 0 fully saturated rings. The molecule has 0 spiro atoms. The maximum absolute atomic E-state index is 13.5. The first-order valence-electron chi connectivity index (χ1n) is 8.20. The molecule has 132 valence electrons. The van der Waals surface area contributed by atoms with Crippen LogP contribution in [0, 0.1) is 12.7 Å². The maximum atomic E-state index is 13.5. The number of carbonyl (C=O) groups is 1. The Bertz CT molecular complexity index is 901. The lowest BCUT2D eigenvalue weighted by Gasteiger charge is -2.11. The number of nitrogens with zero attached hydrogens (tertiary/aromatic N) is 2. The SMILES string of the molecule is Cc1ncc(C(=O)NCCOc2ccccc2F)c(-c2ccccc2)n1. The fourth-order valence-electron chi connectivity index (χ4n) is 2.43. The zero-order chi connectivity index (χ0) is 18.4. The van der Waals surface area contributed by atoms with Crippen LogP contribution in [0.2, 0.25) is 0 Å². The fraction of sp³-hybridized carbons (Fsp3) is 0.150. The largest absolute Gasteiger partial charge is 0.489 e. The van der Waals surface area contributed by atoms with Crippen molar-refractivity contribution in [2.75, 3.05) is 13.2 Å². The lowest BCUT2D eigenvalue weighted by atomic mass is 10.1. The van der Waals surface area contributed by atoms with Crippen LogP contribution in [-0.2, 0) is 0 Å². The summed E-state index contributed by atoms with van der Waals surface area (Å²) in [5.74, 6) is 0.00629. The quantitative estimate of drug-likeness (QED) is 0.692. The van der Waals surface area contributed by atoms with E-state index in [2.05, 4.69) is 15.3 Å². The first-order chi connectivity index (χ1) is 12.6. The molecule has 6 heteroatoms. The van der Waals surface area contributed by atoms with Gasteiger partial charge in [-0.25, -0.2) is 14.4 Å². The summed E-state index contributed by atoms with van der Waals surface area (Å²) in [6.45, 7) is 2.16.